The van der Waals surface area contributed by atoms with Crippen molar-refractivity contribution < 1.29 is 0 Å². The third-order valence-electron chi connectivity index (χ3n) is 4.04. The van der Waals surface area contributed by atoms with Crippen LogP contribution in [0, 0.1) is 17.3 Å². The summed E-state index contributed by atoms with van der Waals surface area (Å²) in [5.74, 6) is 1.94. The Morgan fingerprint density at radius 3 is 2.55 bits per heavy atom. The van der Waals surface area contributed by atoms with E-state index in [1.54, 1.807) is 0 Å². The summed E-state index contributed by atoms with van der Waals surface area (Å²) >= 11 is 0. The summed E-state index contributed by atoms with van der Waals surface area (Å²) in [7, 11) is 0. The minimum atomic E-state index is 0.707. The van der Waals surface area contributed by atoms with Gasteiger partial charge in [0, 0.05) is 6.54 Å². The Hall–Kier alpha value is -0.0400. The molecule has 1 heterocycles. The molecule has 64 valence electrons. The maximum atomic E-state index is 3.54. The van der Waals surface area contributed by atoms with E-state index in [0.717, 1.165) is 11.8 Å². The number of hydrogen-bond donors (Lipinski definition) is 1. The van der Waals surface area contributed by atoms with Crippen LogP contribution in [0.3, 0.4) is 0 Å². The second-order valence-electron chi connectivity index (χ2n) is 4.59. The molecule has 1 heteroatoms. The largest absolute Gasteiger partial charge is 0.316 e. The van der Waals surface area contributed by atoms with Crippen LogP contribution in [-0.2, 0) is 0 Å². The number of nitrogens with one attached hydrogen (secondary N) is 1. The molecular formula is C10H19N. The third-order valence-corrected chi connectivity index (χ3v) is 4.04. The van der Waals surface area contributed by atoms with Gasteiger partial charge in [0.05, 0.1) is 0 Å². The first kappa shape index (κ1) is 7.60. The molecule has 0 spiro atoms. The summed E-state index contributed by atoms with van der Waals surface area (Å²) in [4.78, 5) is 0. The van der Waals surface area contributed by atoms with Crippen molar-refractivity contribution in [3.05, 3.63) is 0 Å². The van der Waals surface area contributed by atoms with Gasteiger partial charge in [-0.2, -0.15) is 0 Å². The highest BCUT2D eigenvalue weighted by Gasteiger charge is 2.49. The fraction of sp³-hybridized carbons (Fsp3) is 1.00. The third kappa shape index (κ3) is 0.936. The molecule has 1 nitrogen and oxygen atoms in total. The molecule has 2 atom stereocenters. The lowest BCUT2D eigenvalue weighted by Crippen LogP contribution is -2.55. The van der Waals surface area contributed by atoms with E-state index in [2.05, 4.69) is 19.2 Å². The highest BCUT2D eigenvalue weighted by atomic mass is 14.9. The number of fused-ring (bicyclic) bond motifs is 1. The second-order valence-corrected chi connectivity index (χ2v) is 4.59. The summed E-state index contributed by atoms with van der Waals surface area (Å²) < 4.78 is 0. The minimum absolute atomic E-state index is 0.707. The van der Waals surface area contributed by atoms with Gasteiger partial charge in [0.1, 0.15) is 0 Å². The molecule has 2 fully saturated rings. The molecule has 2 aliphatic rings. The smallest absolute Gasteiger partial charge is 0.00129 e. The molecule has 0 radical (unpaired) electrons. The standard InChI is InChI=1S/C10H19N/c1-8(2)10-5-3-9(10)4-6-11-7-10/h8-9,11H,3-7H2,1-2H3. The zero-order chi connectivity index (χ0) is 7.90. The van der Waals surface area contributed by atoms with Gasteiger partial charge in [-0.05, 0) is 43.1 Å². The molecule has 0 bridgehead atoms. The number of hydrogen-bond acceptors (Lipinski definition) is 1. The van der Waals surface area contributed by atoms with Gasteiger partial charge in [-0.1, -0.05) is 13.8 Å². The first-order valence-electron chi connectivity index (χ1n) is 4.96. The second kappa shape index (κ2) is 2.48. The van der Waals surface area contributed by atoms with Crippen LogP contribution in [0.2, 0.25) is 0 Å². The van der Waals surface area contributed by atoms with E-state index in [-0.39, 0.29) is 0 Å². The predicted molar refractivity (Wildman–Crippen MR) is 47.5 cm³/mol. The normalized spacial score (nSPS) is 43.4. The molecule has 1 saturated carbocycles. The number of rotatable bonds is 1. The molecule has 1 aliphatic heterocycles. The lowest BCUT2D eigenvalue weighted by Gasteiger charge is -2.56. The molecule has 1 N–H and O–H groups in total. The van der Waals surface area contributed by atoms with Crippen molar-refractivity contribution in [3.8, 4) is 0 Å². The van der Waals surface area contributed by atoms with E-state index >= 15 is 0 Å². The Kier molecular flexibility index (Phi) is 1.71. The molecule has 1 saturated heterocycles. The van der Waals surface area contributed by atoms with E-state index in [1.807, 2.05) is 0 Å². The maximum Gasteiger partial charge on any atom is 0.00129 e. The molecule has 0 amide bonds. The van der Waals surface area contributed by atoms with Crippen molar-refractivity contribution in [2.75, 3.05) is 13.1 Å². The molecule has 0 aromatic carbocycles. The molecule has 0 aromatic heterocycles. The maximum absolute atomic E-state index is 3.54. The van der Waals surface area contributed by atoms with Gasteiger partial charge in [0.2, 0.25) is 0 Å². The van der Waals surface area contributed by atoms with Crippen LogP contribution >= 0.6 is 0 Å². The average Bonchev–Trinajstić information content (AvgIpc) is 1.91. The van der Waals surface area contributed by atoms with Crippen molar-refractivity contribution in [3.63, 3.8) is 0 Å². The van der Waals surface area contributed by atoms with Crippen molar-refractivity contribution in [2.45, 2.75) is 33.1 Å². The summed E-state index contributed by atoms with van der Waals surface area (Å²) in [5.41, 5.74) is 0.707. The van der Waals surface area contributed by atoms with E-state index in [0.29, 0.717) is 5.41 Å². The SMILES string of the molecule is CC(C)C12CCC1CCNC2. The average molecular weight is 153 g/mol. The van der Waals surface area contributed by atoms with E-state index in [4.69, 9.17) is 0 Å². The van der Waals surface area contributed by atoms with Crippen LogP contribution < -0.4 is 5.32 Å². The van der Waals surface area contributed by atoms with Gasteiger partial charge >= 0.3 is 0 Å². The Morgan fingerprint density at radius 1 is 1.36 bits per heavy atom. The molecular weight excluding hydrogens is 134 g/mol. The molecule has 1 aliphatic carbocycles. The van der Waals surface area contributed by atoms with E-state index in [1.165, 1.54) is 32.4 Å². The topological polar surface area (TPSA) is 12.0 Å². The van der Waals surface area contributed by atoms with Crippen LogP contribution in [-0.4, -0.2) is 13.1 Å². The predicted octanol–water partition coefficient (Wildman–Crippen LogP) is 2.03. The zero-order valence-corrected chi connectivity index (χ0v) is 7.69. The Bertz CT molecular complexity index is 153. The van der Waals surface area contributed by atoms with Gasteiger partial charge in [0.15, 0.2) is 0 Å². The fourth-order valence-corrected chi connectivity index (χ4v) is 2.95. The van der Waals surface area contributed by atoms with Gasteiger partial charge in [-0.3, -0.25) is 0 Å². The summed E-state index contributed by atoms with van der Waals surface area (Å²) in [6, 6.07) is 0. The van der Waals surface area contributed by atoms with Crippen LogP contribution in [0.4, 0.5) is 0 Å². The molecule has 2 unspecified atom stereocenters. The van der Waals surface area contributed by atoms with Crippen LogP contribution in [0.25, 0.3) is 0 Å². The van der Waals surface area contributed by atoms with Gasteiger partial charge in [-0.25, -0.2) is 0 Å². The van der Waals surface area contributed by atoms with Crippen molar-refractivity contribution >= 4 is 0 Å². The highest BCUT2D eigenvalue weighted by Crippen LogP contribution is 2.54. The summed E-state index contributed by atoms with van der Waals surface area (Å²) in [6.07, 6.45) is 4.40. The summed E-state index contributed by atoms with van der Waals surface area (Å²) in [5, 5.41) is 3.54. The highest BCUT2D eigenvalue weighted by molar-refractivity contribution is 5.01. The molecule has 0 aromatic rings. The number of piperidine rings is 1. The first-order chi connectivity index (χ1) is 5.26. The van der Waals surface area contributed by atoms with Crippen LogP contribution in [0.5, 0.6) is 0 Å². The van der Waals surface area contributed by atoms with E-state index < -0.39 is 0 Å². The van der Waals surface area contributed by atoms with E-state index in [9.17, 15) is 0 Å². The van der Waals surface area contributed by atoms with Gasteiger partial charge in [-0.15, -0.1) is 0 Å². The Morgan fingerprint density at radius 2 is 2.18 bits per heavy atom. The van der Waals surface area contributed by atoms with Gasteiger partial charge < -0.3 is 5.32 Å². The Balaban J connectivity index is 2.09. The Labute approximate surface area is 69.6 Å². The summed E-state index contributed by atoms with van der Waals surface area (Å²) in [6.45, 7) is 7.33. The van der Waals surface area contributed by atoms with Crippen molar-refractivity contribution in [2.24, 2.45) is 17.3 Å². The lowest BCUT2D eigenvalue weighted by atomic mass is 9.52. The van der Waals surface area contributed by atoms with Crippen LogP contribution in [0.15, 0.2) is 0 Å². The fourth-order valence-electron chi connectivity index (χ4n) is 2.95. The van der Waals surface area contributed by atoms with Crippen LogP contribution in [0.1, 0.15) is 33.1 Å². The zero-order valence-electron chi connectivity index (χ0n) is 7.69. The van der Waals surface area contributed by atoms with Crippen molar-refractivity contribution in [1.82, 2.24) is 5.32 Å². The van der Waals surface area contributed by atoms with Crippen molar-refractivity contribution in [1.29, 1.82) is 0 Å². The first-order valence-corrected chi connectivity index (χ1v) is 4.96. The lowest BCUT2D eigenvalue weighted by molar-refractivity contribution is -0.0415. The van der Waals surface area contributed by atoms with Gasteiger partial charge in [0.25, 0.3) is 0 Å². The monoisotopic (exact) mass is 153 g/mol. The molecule has 2 rings (SSSR count). The quantitative estimate of drug-likeness (QED) is 0.608. The minimum Gasteiger partial charge on any atom is -0.316 e. The molecule has 11 heavy (non-hydrogen) atoms.